The van der Waals surface area contributed by atoms with Crippen LogP contribution >= 0.6 is 0 Å². The Morgan fingerprint density at radius 2 is 1.68 bits per heavy atom. The summed E-state index contributed by atoms with van der Waals surface area (Å²) < 4.78 is 13.1. The Morgan fingerprint density at radius 1 is 1.00 bits per heavy atom. The lowest BCUT2D eigenvalue weighted by Gasteiger charge is -2.13. The van der Waals surface area contributed by atoms with Gasteiger partial charge in [-0.3, -0.25) is 19.3 Å². The van der Waals surface area contributed by atoms with Gasteiger partial charge in [-0.05, 0) is 36.2 Å². The number of hydrogen-bond acceptors (Lipinski definition) is 3. The van der Waals surface area contributed by atoms with Crippen molar-refractivity contribution in [1.82, 2.24) is 10.2 Å². The molecular weight excluding hydrogens is 323 g/mol. The van der Waals surface area contributed by atoms with Crippen LogP contribution in [-0.2, 0) is 11.3 Å². The number of hydrogen-bond donors (Lipinski definition) is 1. The Bertz CT molecular complexity index is 800. The summed E-state index contributed by atoms with van der Waals surface area (Å²) in [5.41, 5.74) is 1.49. The van der Waals surface area contributed by atoms with Crippen molar-refractivity contribution >= 4 is 17.7 Å². The lowest BCUT2D eigenvalue weighted by molar-refractivity contribution is -0.121. The topological polar surface area (TPSA) is 66.5 Å². The predicted molar refractivity (Wildman–Crippen MR) is 89.3 cm³/mol. The summed E-state index contributed by atoms with van der Waals surface area (Å²) in [4.78, 5) is 37.4. The van der Waals surface area contributed by atoms with Gasteiger partial charge in [-0.25, -0.2) is 4.39 Å². The van der Waals surface area contributed by atoms with Gasteiger partial charge in [-0.2, -0.15) is 0 Å². The standard InChI is InChI=1S/C19H17FN2O3/c20-14-6-3-5-13(11-14)12-21-17(23)9-4-10-22-18(24)15-7-1-2-8-16(15)19(22)25/h1-3,5-8,11H,4,9-10,12H2,(H,21,23). The Morgan fingerprint density at radius 3 is 2.32 bits per heavy atom. The van der Waals surface area contributed by atoms with Crippen LogP contribution in [-0.4, -0.2) is 29.2 Å². The first-order valence-corrected chi connectivity index (χ1v) is 8.02. The van der Waals surface area contributed by atoms with E-state index in [2.05, 4.69) is 5.32 Å². The number of nitrogens with one attached hydrogen (secondary N) is 1. The molecule has 0 spiro atoms. The minimum absolute atomic E-state index is 0.183. The fourth-order valence-corrected chi connectivity index (χ4v) is 2.78. The number of carbonyl (C=O) groups is 3. The number of amides is 3. The molecule has 3 amide bonds. The van der Waals surface area contributed by atoms with Crippen LogP contribution in [0.2, 0.25) is 0 Å². The Kier molecular flexibility index (Phi) is 4.88. The maximum atomic E-state index is 13.1. The Balaban J connectivity index is 1.46. The van der Waals surface area contributed by atoms with Gasteiger partial charge in [-0.1, -0.05) is 24.3 Å². The number of nitrogens with zero attached hydrogens (tertiary/aromatic N) is 1. The highest BCUT2D eigenvalue weighted by Gasteiger charge is 2.34. The highest BCUT2D eigenvalue weighted by Crippen LogP contribution is 2.22. The van der Waals surface area contributed by atoms with Crippen molar-refractivity contribution in [1.29, 1.82) is 0 Å². The molecule has 128 valence electrons. The molecule has 6 heteroatoms. The molecule has 0 aliphatic carbocycles. The molecular formula is C19H17FN2O3. The molecule has 0 unspecified atom stereocenters. The summed E-state index contributed by atoms with van der Waals surface area (Å²) >= 11 is 0. The molecule has 25 heavy (non-hydrogen) atoms. The first-order chi connectivity index (χ1) is 12.1. The van der Waals surface area contributed by atoms with E-state index in [0.29, 0.717) is 23.1 Å². The molecule has 0 fully saturated rings. The summed E-state index contributed by atoms with van der Waals surface area (Å²) in [6, 6.07) is 12.7. The molecule has 0 bridgehead atoms. The van der Waals surface area contributed by atoms with E-state index in [9.17, 15) is 18.8 Å². The van der Waals surface area contributed by atoms with Gasteiger partial charge in [0.15, 0.2) is 0 Å². The van der Waals surface area contributed by atoms with Crippen LogP contribution in [0.3, 0.4) is 0 Å². The second-order valence-electron chi connectivity index (χ2n) is 5.82. The number of rotatable bonds is 6. The average Bonchev–Trinajstić information content (AvgIpc) is 2.85. The fraction of sp³-hybridized carbons (Fsp3) is 0.211. The lowest BCUT2D eigenvalue weighted by atomic mass is 10.1. The molecule has 2 aromatic carbocycles. The predicted octanol–water partition coefficient (Wildman–Crippen LogP) is 2.52. The van der Waals surface area contributed by atoms with Crippen molar-refractivity contribution in [3.05, 3.63) is 71.0 Å². The van der Waals surface area contributed by atoms with Crippen molar-refractivity contribution in [2.24, 2.45) is 0 Å². The van der Waals surface area contributed by atoms with Crippen LogP contribution in [0.5, 0.6) is 0 Å². The molecule has 1 N–H and O–H groups in total. The van der Waals surface area contributed by atoms with Crippen molar-refractivity contribution in [3.63, 3.8) is 0 Å². The van der Waals surface area contributed by atoms with E-state index in [-0.39, 0.29) is 43.0 Å². The van der Waals surface area contributed by atoms with E-state index in [1.807, 2.05) is 0 Å². The third-order valence-corrected chi connectivity index (χ3v) is 4.04. The van der Waals surface area contributed by atoms with Crippen LogP contribution in [0.1, 0.15) is 39.1 Å². The Labute approximate surface area is 144 Å². The van der Waals surface area contributed by atoms with Gasteiger partial charge in [0.1, 0.15) is 5.82 Å². The highest BCUT2D eigenvalue weighted by molar-refractivity contribution is 6.21. The minimum Gasteiger partial charge on any atom is -0.352 e. The highest BCUT2D eigenvalue weighted by atomic mass is 19.1. The molecule has 3 rings (SSSR count). The number of imide groups is 1. The molecule has 1 aliphatic heterocycles. The number of halogens is 1. The number of benzene rings is 2. The van der Waals surface area contributed by atoms with Crippen LogP contribution in [0.25, 0.3) is 0 Å². The third kappa shape index (κ3) is 3.74. The molecule has 0 aromatic heterocycles. The summed E-state index contributed by atoms with van der Waals surface area (Å²) in [6.07, 6.45) is 0.559. The average molecular weight is 340 g/mol. The van der Waals surface area contributed by atoms with Gasteiger partial charge >= 0.3 is 0 Å². The van der Waals surface area contributed by atoms with E-state index in [0.717, 1.165) is 0 Å². The van der Waals surface area contributed by atoms with E-state index in [4.69, 9.17) is 0 Å². The van der Waals surface area contributed by atoms with Gasteiger partial charge in [0.05, 0.1) is 11.1 Å². The summed E-state index contributed by atoms with van der Waals surface area (Å²) in [6.45, 7) is 0.434. The molecule has 5 nitrogen and oxygen atoms in total. The molecule has 0 saturated carbocycles. The second-order valence-corrected chi connectivity index (χ2v) is 5.82. The van der Waals surface area contributed by atoms with E-state index >= 15 is 0 Å². The molecule has 0 saturated heterocycles. The van der Waals surface area contributed by atoms with Gasteiger partial charge in [0.25, 0.3) is 11.8 Å². The van der Waals surface area contributed by atoms with Crippen LogP contribution < -0.4 is 5.32 Å². The molecule has 1 heterocycles. The molecule has 0 atom stereocenters. The van der Waals surface area contributed by atoms with Gasteiger partial charge in [0.2, 0.25) is 5.91 Å². The van der Waals surface area contributed by atoms with Crippen molar-refractivity contribution in [3.8, 4) is 0 Å². The third-order valence-electron chi connectivity index (χ3n) is 4.04. The summed E-state index contributed by atoms with van der Waals surface area (Å²) in [5.74, 6) is -1.19. The first kappa shape index (κ1) is 16.8. The molecule has 2 aromatic rings. The van der Waals surface area contributed by atoms with Crippen LogP contribution in [0.4, 0.5) is 4.39 Å². The van der Waals surface area contributed by atoms with Crippen LogP contribution in [0.15, 0.2) is 48.5 Å². The quantitative estimate of drug-likeness (QED) is 0.822. The number of fused-ring (bicyclic) bond motifs is 1. The van der Waals surface area contributed by atoms with Crippen LogP contribution in [0, 0.1) is 5.82 Å². The lowest BCUT2D eigenvalue weighted by Crippen LogP contribution is -2.32. The number of carbonyl (C=O) groups excluding carboxylic acids is 3. The van der Waals surface area contributed by atoms with Gasteiger partial charge < -0.3 is 5.32 Å². The smallest absolute Gasteiger partial charge is 0.261 e. The van der Waals surface area contributed by atoms with Crippen molar-refractivity contribution in [2.75, 3.05) is 6.54 Å². The van der Waals surface area contributed by atoms with Crippen molar-refractivity contribution in [2.45, 2.75) is 19.4 Å². The zero-order chi connectivity index (χ0) is 17.8. The fourth-order valence-electron chi connectivity index (χ4n) is 2.78. The van der Waals surface area contributed by atoms with E-state index in [1.54, 1.807) is 36.4 Å². The van der Waals surface area contributed by atoms with E-state index < -0.39 is 0 Å². The largest absolute Gasteiger partial charge is 0.352 e. The normalized spacial score (nSPS) is 13.1. The first-order valence-electron chi connectivity index (χ1n) is 8.02. The SMILES string of the molecule is O=C(CCCN1C(=O)c2ccccc2C1=O)NCc1cccc(F)c1. The summed E-state index contributed by atoms with van der Waals surface area (Å²) in [5, 5.41) is 2.70. The monoisotopic (exact) mass is 340 g/mol. The summed E-state index contributed by atoms with van der Waals surface area (Å²) in [7, 11) is 0. The Hall–Kier alpha value is -3.02. The second kappa shape index (κ2) is 7.25. The van der Waals surface area contributed by atoms with Crippen molar-refractivity contribution < 1.29 is 18.8 Å². The van der Waals surface area contributed by atoms with Gasteiger partial charge in [-0.15, -0.1) is 0 Å². The van der Waals surface area contributed by atoms with E-state index in [1.165, 1.54) is 17.0 Å². The molecule has 1 aliphatic rings. The van der Waals surface area contributed by atoms with Gasteiger partial charge in [0, 0.05) is 19.5 Å². The molecule has 0 radical (unpaired) electrons. The maximum absolute atomic E-state index is 13.1. The minimum atomic E-state index is -0.350. The zero-order valence-corrected chi connectivity index (χ0v) is 13.5. The zero-order valence-electron chi connectivity index (χ0n) is 13.5. The maximum Gasteiger partial charge on any atom is 0.261 e.